The van der Waals surface area contributed by atoms with Gasteiger partial charge in [0.15, 0.2) is 5.96 Å². The molecule has 1 saturated heterocycles. The lowest BCUT2D eigenvalue weighted by atomic mass is 9.88. The minimum absolute atomic E-state index is 0. The molecule has 0 spiro atoms. The van der Waals surface area contributed by atoms with Gasteiger partial charge in [-0.2, -0.15) is 0 Å². The Bertz CT molecular complexity index is 692. The van der Waals surface area contributed by atoms with Crippen molar-refractivity contribution >= 4 is 35.8 Å². The summed E-state index contributed by atoms with van der Waals surface area (Å²) in [5.41, 5.74) is 1.17. The van der Waals surface area contributed by atoms with Gasteiger partial charge in [-0.05, 0) is 44.2 Å². The van der Waals surface area contributed by atoms with E-state index in [-0.39, 0.29) is 35.9 Å². The molecule has 1 aromatic carbocycles. The number of para-hydroxylation sites is 1. The Morgan fingerprint density at radius 1 is 1.20 bits per heavy atom. The number of amides is 1. The minimum atomic E-state index is 0. The third-order valence-corrected chi connectivity index (χ3v) is 5.98. The predicted octanol–water partition coefficient (Wildman–Crippen LogP) is 3.59. The van der Waals surface area contributed by atoms with Crippen LogP contribution in [0.1, 0.15) is 51.0 Å². The maximum atomic E-state index is 12.8. The van der Waals surface area contributed by atoms with Gasteiger partial charge in [-0.25, -0.2) is 0 Å². The van der Waals surface area contributed by atoms with Gasteiger partial charge < -0.3 is 20.3 Å². The maximum Gasteiger partial charge on any atom is 0.225 e. The average molecular weight is 528 g/mol. The van der Waals surface area contributed by atoms with E-state index in [1.807, 2.05) is 18.2 Å². The largest absolute Gasteiger partial charge is 0.496 e. The number of hydrogen-bond acceptors (Lipinski definition) is 3. The molecule has 3 rings (SSSR count). The zero-order chi connectivity index (χ0) is 20.5. The molecule has 1 unspecified atom stereocenters. The lowest BCUT2D eigenvalue weighted by Crippen LogP contribution is -2.45. The summed E-state index contributed by atoms with van der Waals surface area (Å²) in [6, 6.07) is 8.35. The summed E-state index contributed by atoms with van der Waals surface area (Å²) in [5.74, 6) is 2.37. The summed E-state index contributed by atoms with van der Waals surface area (Å²) in [4.78, 5) is 19.6. The van der Waals surface area contributed by atoms with E-state index in [2.05, 4.69) is 28.5 Å². The molecule has 2 aliphatic rings. The van der Waals surface area contributed by atoms with Crippen molar-refractivity contribution in [1.29, 1.82) is 0 Å². The summed E-state index contributed by atoms with van der Waals surface area (Å²) in [6.07, 6.45) is 7.64. The van der Waals surface area contributed by atoms with Crippen molar-refractivity contribution in [3.63, 3.8) is 0 Å². The normalized spacial score (nSPS) is 19.9. The number of benzene rings is 1. The number of methoxy groups -OCH3 is 1. The number of nitrogens with one attached hydrogen (secondary N) is 2. The second-order valence-electron chi connectivity index (χ2n) is 8.07. The van der Waals surface area contributed by atoms with Crippen LogP contribution in [0.2, 0.25) is 0 Å². The van der Waals surface area contributed by atoms with E-state index < -0.39 is 0 Å². The molecule has 1 aromatic rings. The number of ether oxygens (including phenoxy) is 1. The quantitative estimate of drug-likeness (QED) is 0.323. The van der Waals surface area contributed by atoms with Crippen LogP contribution in [0.3, 0.4) is 0 Å². The van der Waals surface area contributed by atoms with Crippen LogP contribution >= 0.6 is 24.0 Å². The van der Waals surface area contributed by atoms with Crippen molar-refractivity contribution in [2.75, 3.05) is 33.3 Å². The van der Waals surface area contributed by atoms with E-state index in [0.29, 0.717) is 12.5 Å². The van der Waals surface area contributed by atoms with Crippen molar-refractivity contribution in [3.8, 4) is 5.75 Å². The zero-order valence-corrected chi connectivity index (χ0v) is 20.7. The molecule has 168 valence electrons. The summed E-state index contributed by atoms with van der Waals surface area (Å²) >= 11 is 0. The SMILES string of the molecule is CCNC(=NCCc1ccccc1OC)NC1CCN(C(=O)C2CCCCC2)C1.I. The molecule has 6 nitrogen and oxygen atoms in total. The van der Waals surface area contributed by atoms with Crippen molar-refractivity contribution in [2.45, 2.75) is 57.9 Å². The molecule has 0 bridgehead atoms. The van der Waals surface area contributed by atoms with Crippen LogP contribution in [0.5, 0.6) is 5.75 Å². The van der Waals surface area contributed by atoms with E-state index in [4.69, 9.17) is 9.73 Å². The van der Waals surface area contributed by atoms with E-state index in [0.717, 1.165) is 57.0 Å². The van der Waals surface area contributed by atoms with Gasteiger partial charge in [-0.15, -0.1) is 24.0 Å². The lowest BCUT2D eigenvalue weighted by Gasteiger charge is -2.26. The first-order valence-corrected chi connectivity index (χ1v) is 11.2. The molecule has 7 heteroatoms. The average Bonchev–Trinajstić information content (AvgIpc) is 3.22. The van der Waals surface area contributed by atoms with Gasteiger partial charge in [-0.3, -0.25) is 9.79 Å². The minimum Gasteiger partial charge on any atom is -0.496 e. The summed E-state index contributed by atoms with van der Waals surface area (Å²) in [7, 11) is 1.70. The van der Waals surface area contributed by atoms with Gasteiger partial charge in [-0.1, -0.05) is 37.5 Å². The summed E-state index contributed by atoms with van der Waals surface area (Å²) in [5, 5.41) is 6.87. The van der Waals surface area contributed by atoms with E-state index in [9.17, 15) is 4.79 Å². The van der Waals surface area contributed by atoms with Crippen LogP contribution in [-0.4, -0.2) is 56.1 Å². The van der Waals surface area contributed by atoms with Crippen LogP contribution in [0.25, 0.3) is 0 Å². The highest BCUT2D eigenvalue weighted by atomic mass is 127. The number of aliphatic imine (C=N–C) groups is 1. The van der Waals surface area contributed by atoms with Crippen LogP contribution < -0.4 is 15.4 Å². The first-order valence-electron chi connectivity index (χ1n) is 11.2. The number of hydrogen-bond donors (Lipinski definition) is 2. The third kappa shape index (κ3) is 7.03. The molecule has 1 atom stereocenters. The van der Waals surface area contributed by atoms with Crippen molar-refractivity contribution in [1.82, 2.24) is 15.5 Å². The molecular formula is C23H37IN4O2. The van der Waals surface area contributed by atoms with E-state index in [1.165, 1.54) is 24.8 Å². The van der Waals surface area contributed by atoms with Gasteiger partial charge in [0.2, 0.25) is 5.91 Å². The standard InChI is InChI=1S/C23H36N4O2.HI/c1-3-24-23(25-15-13-18-9-7-8-12-21(18)29-2)26-20-14-16-27(17-20)22(28)19-10-5-4-6-11-19;/h7-9,12,19-20H,3-6,10-11,13-17H2,1-2H3,(H2,24,25,26);1H. The Balaban J connectivity index is 0.00000320. The number of rotatable bonds is 7. The molecule has 0 aromatic heterocycles. The van der Waals surface area contributed by atoms with Crippen LogP contribution in [0.4, 0.5) is 0 Å². The Kier molecular flexibility index (Phi) is 10.7. The number of likely N-dealkylation sites (tertiary alicyclic amines) is 1. The second-order valence-corrected chi connectivity index (χ2v) is 8.07. The molecule has 1 amide bonds. The molecule has 0 radical (unpaired) electrons. The highest BCUT2D eigenvalue weighted by Gasteiger charge is 2.31. The number of carbonyl (C=O) groups excluding carboxylic acids is 1. The third-order valence-electron chi connectivity index (χ3n) is 5.98. The Morgan fingerprint density at radius 2 is 1.97 bits per heavy atom. The van der Waals surface area contributed by atoms with Crippen molar-refractivity contribution in [2.24, 2.45) is 10.9 Å². The predicted molar refractivity (Wildman–Crippen MR) is 133 cm³/mol. The number of nitrogens with zero attached hydrogens (tertiary/aromatic N) is 2. The molecular weight excluding hydrogens is 491 g/mol. The van der Waals surface area contributed by atoms with Crippen LogP contribution in [-0.2, 0) is 11.2 Å². The fraction of sp³-hybridized carbons (Fsp3) is 0.652. The van der Waals surface area contributed by atoms with E-state index in [1.54, 1.807) is 7.11 Å². The monoisotopic (exact) mass is 528 g/mol. The molecule has 2 fully saturated rings. The molecule has 1 aliphatic heterocycles. The topological polar surface area (TPSA) is 66.0 Å². The van der Waals surface area contributed by atoms with Gasteiger partial charge >= 0.3 is 0 Å². The first kappa shape index (κ1) is 24.8. The molecule has 30 heavy (non-hydrogen) atoms. The lowest BCUT2D eigenvalue weighted by molar-refractivity contribution is -0.135. The number of halogens is 1. The fourth-order valence-electron chi connectivity index (χ4n) is 4.40. The van der Waals surface area contributed by atoms with Gasteiger partial charge in [0.25, 0.3) is 0 Å². The van der Waals surface area contributed by atoms with Gasteiger partial charge in [0, 0.05) is 38.1 Å². The van der Waals surface area contributed by atoms with Gasteiger partial charge in [0.1, 0.15) is 5.75 Å². The highest BCUT2D eigenvalue weighted by Crippen LogP contribution is 2.26. The zero-order valence-electron chi connectivity index (χ0n) is 18.4. The first-order chi connectivity index (χ1) is 14.2. The van der Waals surface area contributed by atoms with Crippen molar-refractivity contribution < 1.29 is 9.53 Å². The maximum absolute atomic E-state index is 12.8. The van der Waals surface area contributed by atoms with Crippen LogP contribution in [0.15, 0.2) is 29.3 Å². The van der Waals surface area contributed by atoms with Crippen molar-refractivity contribution in [3.05, 3.63) is 29.8 Å². The molecule has 1 heterocycles. The Morgan fingerprint density at radius 3 is 2.70 bits per heavy atom. The molecule has 1 saturated carbocycles. The summed E-state index contributed by atoms with van der Waals surface area (Å²) in [6.45, 7) is 5.22. The van der Waals surface area contributed by atoms with E-state index >= 15 is 0 Å². The van der Waals surface area contributed by atoms with Crippen LogP contribution in [0, 0.1) is 5.92 Å². The van der Waals surface area contributed by atoms with Gasteiger partial charge in [0.05, 0.1) is 7.11 Å². The smallest absolute Gasteiger partial charge is 0.225 e. The Labute approximate surface area is 198 Å². The molecule has 2 N–H and O–H groups in total. The second kappa shape index (κ2) is 13.0. The Hall–Kier alpha value is -1.51. The molecule has 1 aliphatic carbocycles. The fourth-order valence-corrected chi connectivity index (χ4v) is 4.40. The number of guanidine groups is 1. The number of carbonyl (C=O) groups is 1. The summed E-state index contributed by atoms with van der Waals surface area (Å²) < 4.78 is 5.42. The highest BCUT2D eigenvalue weighted by molar-refractivity contribution is 14.0.